The van der Waals surface area contributed by atoms with Gasteiger partial charge in [-0.15, -0.1) is 12.4 Å². The first-order chi connectivity index (χ1) is 12.6. The molecule has 7 heteroatoms. The van der Waals surface area contributed by atoms with Crippen molar-refractivity contribution >= 4 is 24.3 Å². The van der Waals surface area contributed by atoms with Gasteiger partial charge in [0.1, 0.15) is 0 Å². The van der Waals surface area contributed by atoms with Crippen molar-refractivity contribution in [2.45, 2.75) is 89.6 Å². The topological polar surface area (TPSA) is 87.5 Å². The fourth-order valence-corrected chi connectivity index (χ4v) is 4.10. The van der Waals surface area contributed by atoms with Crippen molar-refractivity contribution < 1.29 is 9.59 Å². The summed E-state index contributed by atoms with van der Waals surface area (Å²) in [6.07, 6.45) is 11.5. The Morgan fingerprint density at radius 1 is 1.04 bits per heavy atom. The van der Waals surface area contributed by atoms with Crippen molar-refractivity contribution in [3.63, 3.8) is 0 Å². The number of nitrogens with one attached hydrogen (secondary N) is 2. The summed E-state index contributed by atoms with van der Waals surface area (Å²) in [7, 11) is 0. The molecule has 2 aliphatic rings. The van der Waals surface area contributed by atoms with E-state index in [1.165, 1.54) is 19.3 Å². The van der Waals surface area contributed by atoms with Gasteiger partial charge in [0.25, 0.3) is 0 Å². The predicted molar refractivity (Wildman–Crippen MR) is 112 cm³/mol. The monoisotopic (exact) mass is 402 g/mol. The van der Waals surface area contributed by atoms with E-state index in [-0.39, 0.29) is 30.4 Å². The molecule has 27 heavy (non-hydrogen) atoms. The Labute approximate surface area is 170 Å². The first kappa shape index (κ1) is 24.0. The van der Waals surface area contributed by atoms with Gasteiger partial charge in [-0.05, 0) is 51.4 Å². The van der Waals surface area contributed by atoms with Gasteiger partial charge < -0.3 is 21.3 Å². The molecule has 1 heterocycles. The van der Waals surface area contributed by atoms with Crippen LogP contribution >= 0.6 is 12.4 Å². The number of unbranched alkanes of at least 4 members (excludes halogenated alkanes) is 2. The Hall–Kier alpha value is -1.01. The maximum atomic E-state index is 12.3. The predicted octanol–water partition coefficient (Wildman–Crippen LogP) is 3.19. The zero-order valence-electron chi connectivity index (χ0n) is 16.9. The Balaban J connectivity index is 0.00000364. The number of nitrogens with two attached hydrogens (primary N) is 1. The Kier molecular flexibility index (Phi) is 11.8. The third-order valence-corrected chi connectivity index (χ3v) is 5.93. The van der Waals surface area contributed by atoms with Gasteiger partial charge in [-0.1, -0.05) is 25.7 Å². The lowest BCUT2D eigenvalue weighted by Crippen LogP contribution is -2.43. The summed E-state index contributed by atoms with van der Waals surface area (Å²) in [6, 6.07) is 0.549. The SMILES string of the molecule is CC(N)C1CCN(C(=O)CCCCCNC(=O)NC2CCCCC2)CC1.Cl. The lowest BCUT2D eigenvalue weighted by molar-refractivity contribution is -0.132. The number of hydrogen-bond donors (Lipinski definition) is 3. The van der Waals surface area contributed by atoms with Crippen molar-refractivity contribution in [3.8, 4) is 0 Å². The number of rotatable bonds is 8. The number of halogens is 1. The molecule has 2 fully saturated rings. The molecule has 1 atom stereocenters. The summed E-state index contributed by atoms with van der Waals surface area (Å²) in [4.78, 5) is 26.1. The number of hydrogen-bond acceptors (Lipinski definition) is 3. The van der Waals surface area contributed by atoms with E-state index in [1.54, 1.807) is 0 Å². The second-order valence-corrected chi connectivity index (χ2v) is 8.12. The molecule has 1 saturated heterocycles. The maximum Gasteiger partial charge on any atom is 0.315 e. The van der Waals surface area contributed by atoms with Crippen LogP contribution in [0.4, 0.5) is 4.79 Å². The quantitative estimate of drug-likeness (QED) is 0.545. The number of piperidine rings is 1. The molecular formula is C20H39ClN4O2. The van der Waals surface area contributed by atoms with Crippen LogP contribution < -0.4 is 16.4 Å². The Bertz CT molecular complexity index is 434. The van der Waals surface area contributed by atoms with Gasteiger partial charge in [0, 0.05) is 38.1 Å². The summed E-state index contributed by atoms with van der Waals surface area (Å²) >= 11 is 0. The average molecular weight is 403 g/mol. The maximum absolute atomic E-state index is 12.3. The molecule has 1 saturated carbocycles. The van der Waals surface area contributed by atoms with E-state index in [0.29, 0.717) is 24.9 Å². The summed E-state index contributed by atoms with van der Waals surface area (Å²) in [5.41, 5.74) is 5.95. The largest absolute Gasteiger partial charge is 0.343 e. The second kappa shape index (κ2) is 13.2. The lowest BCUT2D eigenvalue weighted by atomic mass is 9.91. The minimum atomic E-state index is -0.0371. The Morgan fingerprint density at radius 2 is 1.70 bits per heavy atom. The van der Waals surface area contributed by atoms with Crippen molar-refractivity contribution in [2.75, 3.05) is 19.6 Å². The summed E-state index contributed by atoms with van der Waals surface area (Å²) < 4.78 is 0. The van der Waals surface area contributed by atoms with Crippen LogP contribution in [0.2, 0.25) is 0 Å². The highest BCUT2D eigenvalue weighted by molar-refractivity contribution is 5.85. The van der Waals surface area contributed by atoms with Crippen LogP contribution in [0.1, 0.15) is 77.6 Å². The molecule has 0 spiro atoms. The number of carbonyl (C=O) groups is 2. The summed E-state index contributed by atoms with van der Waals surface area (Å²) in [6.45, 7) is 4.46. The van der Waals surface area contributed by atoms with Crippen LogP contribution in [0.5, 0.6) is 0 Å². The highest BCUT2D eigenvalue weighted by Crippen LogP contribution is 2.20. The van der Waals surface area contributed by atoms with Crippen LogP contribution in [-0.4, -0.2) is 48.6 Å². The highest BCUT2D eigenvalue weighted by atomic mass is 35.5. The van der Waals surface area contributed by atoms with Gasteiger partial charge in [-0.25, -0.2) is 4.79 Å². The first-order valence-corrected chi connectivity index (χ1v) is 10.6. The molecule has 0 bridgehead atoms. The van der Waals surface area contributed by atoms with Gasteiger partial charge in [0.05, 0.1) is 0 Å². The number of amides is 3. The molecule has 0 aromatic heterocycles. The molecule has 4 N–H and O–H groups in total. The van der Waals surface area contributed by atoms with Gasteiger partial charge in [0.15, 0.2) is 0 Å². The van der Waals surface area contributed by atoms with Crippen molar-refractivity contribution in [1.82, 2.24) is 15.5 Å². The van der Waals surface area contributed by atoms with Gasteiger partial charge in [-0.3, -0.25) is 4.79 Å². The fourth-order valence-electron chi connectivity index (χ4n) is 4.10. The third kappa shape index (κ3) is 9.15. The average Bonchev–Trinajstić information content (AvgIpc) is 2.65. The van der Waals surface area contributed by atoms with E-state index in [4.69, 9.17) is 5.73 Å². The molecule has 3 amide bonds. The van der Waals surface area contributed by atoms with Crippen LogP contribution in [0.15, 0.2) is 0 Å². The number of nitrogens with zero attached hydrogens (tertiary/aromatic N) is 1. The van der Waals surface area contributed by atoms with Gasteiger partial charge in [-0.2, -0.15) is 0 Å². The minimum Gasteiger partial charge on any atom is -0.343 e. The molecule has 1 aliphatic carbocycles. The molecule has 6 nitrogen and oxygen atoms in total. The van der Waals surface area contributed by atoms with Crippen molar-refractivity contribution in [2.24, 2.45) is 11.7 Å². The zero-order valence-corrected chi connectivity index (χ0v) is 17.7. The lowest BCUT2D eigenvalue weighted by Gasteiger charge is -2.33. The van der Waals surface area contributed by atoms with Crippen LogP contribution in [0.3, 0.4) is 0 Å². The normalized spacial score (nSPS) is 19.9. The van der Waals surface area contributed by atoms with E-state index < -0.39 is 0 Å². The zero-order chi connectivity index (χ0) is 18.8. The molecule has 0 radical (unpaired) electrons. The Morgan fingerprint density at radius 3 is 2.33 bits per heavy atom. The summed E-state index contributed by atoms with van der Waals surface area (Å²) in [5.74, 6) is 0.834. The molecule has 158 valence electrons. The highest BCUT2D eigenvalue weighted by Gasteiger charge is 2.24. The van der Waals surface area contributed by atoms with Crippen LogP contribution in [0.25, 0.3) is 0 Å². The second-order valence-electron chi connectivity index (χ2n) is 8.12. The van der Waals surface area contributed by atoms with E-state index in [9.17, 15) is 9.59 Å². The molecule has 1 unspecified atom stereocenters. The van der Waals surface area contributed by atoms with Crippen molar-refractivity contribution in [3.05, 3.63) is 0 Å². The fraction of sp³-hybridized carbons (Fsp3) is 0.900. The molecule has 1 aliphatic heterocycles. The number of likely N-dealkylation sites (tertiary alicyclic amines) is 1. The smallest absolute Gasteiger partial charge is 0.315 e. The van der Waals surface area contributed by atoms with E-state index in [2.05, 4.69) is 17.6 Å². The molecule has 0 aromatic rings. The third-order valence-electron chi connectivity index (χ3n) is 5.93. The molecule has 2 rings (SSSR count). The minimum absolute atomic E-state index is 0. The molecular weight excluding hydrogens is 364 g/mol. The number of urea groups is 1. The van der Waals surface area contributed by atoms with Gasteiger partial charge >= 0.3 is 6.03 Å². The van der Waals surface area contributed by atoms with E-state index in [1.807, 2.05) is 4.90 Å². The van der Waals surface area contributed by atoms with Gasteiger partial charge in [0.2, 0.25) is 5.91 Å². The number of carbonyl (C=O) groups excluding carboxylic acids is 2. The van der Waals surface area contributed by atoms with Crippen LogP contribution in [0, 0.1) is 5.92 Å². The molecule has 0 aromatic carbocycles. The standard InChI is InChI=1S/C20H38N4O2.ClH/c1-16(21)17-11-14-24(15-12-17)19(25)10-6-3-7-13-22-20(26)23-18-8-4-2-5-9-18;/h16-18H,2-15,21H2,1H3,(H2,22,23,26);1H. The first-order valence-electron chi connectivity index (χ1n) is 10.6. The summed E-state index contributed by atoms with van der Waals surface area (Å²) in [5, 5.41) is 6.00. The van der Waals surface area contributed by atoms with E-state index >= 15 is 0 Å². The van der Waals surface area contributed by atoms with Crippen molar-refractivity contribution in [1.29, 1.82) is 0 Å². The van der Waals surface area contributed by atoms with Crippen LogP contribution in [-0.2, 0) is 4.79 Å². The van der Waals surface area contributed by atoms with E-state index in [0.717, 1.165) is 58.0 Å².